The molecule has 0 aliphatic carbocycles. The Balaban J connectivity index is 2.02. The molecule has 0 aliphatic rings. The summed E-state index contributed by atoms with van der Waals surface area (Å²) in [6.45, 7) is 5.16. The number of benzene rings is 1. The number of anilines is 1. The van der Waals surface area contributed by atoms with Gasteiger partial charge in [0.15, 0.2) is 0 Å². The van der Waals surface area contributed by atoms with Gasteiger partial charge in [-0.25, -0.2) is 4.98 Å². The predicted octanol–water partition coefficient (Wildman–Crippen LogP) is 3.15. The van der Waals surface area contributed by atoms with E-state index in [9.17, 15) is 0 Å². The molecule has 2 rings (SSSR count). The monoisotopic (exact) mass is 255 g/mol. The molecule has 3 nitrogen and oxygen atoms in total. The Morgan fingerprint density at radius 3 is 2.47 bits per heavy atom. The molecule has 0 bridgehead atoms. The molecular formula is C16H21N3. The molecule has 0 saturated heterocycles. The second-order valence-corrected chi connectivity index (χ2v) is 4.59. The SMILES string of the molecule is CCN(Cc1ccccc1)Cc1ccnc(NC)c1. The molecule has 0 spiro atoms. The summed E-state index contributed by atoms with van der Waals surface area (Å²) in [6.07, 6.45) is 1.86. The highest BCUT2D eigenvalue weighted by atomic mass is 15.1. The molecule has 3 heteroatoms. The van der Waals surface area contributed by atoms with Gasteiger partial charge < -0.3 is 5.32 Å². The zero-order valence-corrected chi connectivity index (χ0v) is 11.6. The fraction of sp³-hybridized carbons (Fsp3) is 0.312. The largest absolute Gasteiger partial charge is 0.373 e. The first-order chi connectivity index (χ1) is 9.31. The Bertz CT molecular complexity index is 496. The molecule has 19 heavy (non-hydrogen) atoms. The van der Waals surface area contributed by atoms with Crippen LogP contribution in [-0.4, -0.2) is 23.5 Å². The quantitative estimate of drug-likeness (QED) is 0.859. The molecule has 0 atom stereocenters. The van der Waals surface area contributed by atoms with Crippen LogP contribution in [-0.2, 0) is 13.1 Å². The van der Waals surface area contributed by atoms with Gasteiger partial charge in [-0.05, 0) is 29.8 Å². The third kappa shape index (κ3) is 4.07. The Morgan fingerprint density at radius 2 is 1.79 bits per heavy atom. The first-order valence-corrected chi connectivity index (χ1v) is 6.70. The highest BCUT2D eigenvalue weighted by Gasteiger charge is 2.05. The molecule has 0 amide bonds. The van der Waals surface area contributed by atoms with Gasteiger partial charge in [0.25, 0.3) is 0 Å². The molecule has 0 radical (unpaired) electrons. The van der Waals surface area contributed by atoms with Crippen LogP contribution in [0.2, 0.25) is 0 Å². The third-order valence-corrected chi connectivity index (χ3v) is 3.18. The molecule has 100 valence electrons. The van der Waals surface area contributed by atoms with Crippen LogP contribution in [0.3, 0.4) is 0 Å². The zero-order valence-electron chi connectivity index (χ0n) is 11.6. The van der Waals surface area contributed by atoms with Crippen molar-refractivity contribution >= 4 is 5.82 Å². The van der Waals surface area contributed by atoms with E-state index in [2.05, 4.69) is 64.6 Å². The highest BCUT2D eigenvalue weighted by molar-refractivity contribution is 5.36. The average Bonchev–Trinajstić information content (AvgIpc) is 2.48. The summed E-state index contributed by atoms with van der Waals surface area (Å²) in [7, 11) is 1.90. The first kappa shape index (κ1) is 13.6. The van der Waals surface area contributed by atoms with Crippen molar-refractivity contribution in [1.29, 1.82) is 0 Å². The van der Waals surface area contributed by atoms with E-state index < -0.39 is 0 Å². The Morgan fingerprint density at radius 1 is 1.05 bits per heavy atom. The Kier molecular flexibility index (Phi) is 4.93. The van der Waals surface area contributed by atoms with Gasteiger partial charge in [0.2, 0.25) is 0 Å². The molecule has 1 N–H and O–H groups in total. The number of nitrogens with one attached hydrogen (secondary N) is 1. The maximum absolute atomic E-state index is 4.25. The van der Waals surface area contributed by atoms with Crippen LogP contribution in [0, 0.1) is 0 Å². The van der Waals surface area contributed by atoms with E-state index in [1.54, 1.807) is 0 Å². The van der Waals surface area contributed by atoms with Gasteiger partial charge in [0.1, 0.15) is 5.82 Å². The topological polar surface area (TPSA) is 28.2 Å². The lowest BCUT2D eigenvalue weighted by Crippen LogP contribution is -2.22. The third-order valence-electron chi connectivity index (χ3n) is 3.18. The molecule has 1 aromatic heterocycles. The number of hydrogen-bond acceptors (Lipinski definition) is 3. The van der Waals surface area contributed by atoms with Crippen LogP contribution in [0.1, 0.15) is 18.1 Å². The van der Waals surface area contributed by atoms with Gasteiger partial charge in [-0.3, -0.25) is 4.90 Å². The molecule has 2 aromatic rings. The normalized spacial score (nSPS) is 10.7. The minimum absolute atomic E-state index is 0.924. The predicted molar refractivity (Wildman–Crippen MR) is 80.0 cm³/mol. The van der Waals surface area contributed by atoms with Crippen LogP contribution in [0.15, 0.2) is 48.7 Å². The van der Waals surface area contributed by atoms with Gasteiger partial charge in [-0.2, -0.15) is 0 Å². The van der Waals surface area contributed by atoms with Crippen molar-refractivity contribution in [2.24, 2.45) is 0 Å². The zero-order chi connectivity index (χ0) is 13.5. The van der Waals surface area contributed by atoms with Crippen molar-refractivity contribution in [3.8, 4) is 0 Å². The summed E-state index contributed by atoms with van der Waals surface area (Å²) in [5.41, 5.74) is 2.64. The van der Waals surface area contributed by atoms with Crippen molar-refractivity contribution in [1.82, 2.24) is 9.88 Å². The van der Waals surface area contributed by atoms with Crippen LogP contribution in [0.4, 0.5) is 5.82 Å². The fourth-order valence-corrected chi connectivity index (χ4v) is 2.09. The maximum Gasteiger partial charge on any atom is 0.125 e. The molecule has 0 unspecified atom stereocenters. The standard InChI is InChI=1S/C16H21N3/c1-3-19(12-14-7-5-4-6-8-14)13-15-9-10-18-16(11-15)17-2/h4-11H,3,12-13H2,1-2H3,(H,17,18). The van der Waals surface area contributed by atoms with E-state index in [0.717, 1.165) is 25.5 Å². The minimum Gasteiger partial charge on any atom is -0.373 e. The smallest absolute Gasteiger partial charge is 0.125 e. The van der Waals surface area contributed by atoms with Gasteiger partial charge in [0.05, 0.1) is 0 Å². The van der Waals surface area contributed by atoms with Crippen LogP contribution < -0.4 is 5.32 Å². The second-order valence-electron chi connectivity index (χ2n) is 4.59. The van der Waals surface area contributed by atoms with Crippen LogP contribution in [0.25, 0.3) is 0 Å². The second kappa shape index (κ2) is 6.90. The lowest BCUT2D eigenvalue weighted by molar-refractivity contribution is 0.271. The van der Waals surface area contributed by atoms with E-state index >= 15 is 0 Å². The number of hydrogen-bond donors (Lipinski definition) is 1. The van der Waals surface area contributed by atoms with Crippen molar-refractivity contribution in [3.05, 3.63) is 59.8 Å². The molecule has 0 fully saturated rings. The average molecular weight is 255 g/mol. The van der Waals surface area contributed by atoms with Gasteiger partial charge >= 0.3 is 0 Å². The molecule has 0 saturated carbocycles. The molecule has 1 aromatic carbocycles. The lowest BCUT2D eigenvalue weighted by atomic mass is 10.2. The summed E-state index contributed by atoms with van der Waals surface area (Å²) in [5.74, 6) is 0.924. The minimum atomic E-state index is 0.924. The molecular weight excluding hydrogens is 234 g/mol. The maximum atomic E-state index is 4.25. The van der Waals surface area contributed by atoms with Gasteiger partial charge in [-0.1, -0.05) is 37.3 Å². The summed E-state index contributed by atoms with van der Waals surface area (Å²) in [5, 5.41) is 3.08. The van der Waals surface area contributed by atoms with E-state index in [4.69, 9.17) is 0 Å². The number of nitrogens with zero attached hydrogens (tertiary/aromatic N) is 2. The number of aromatic nitrogens is 1. The van der Waals surface area contributed by atoms with Crippen LogP contribution in [0.5, 0.6) is 0 Å². The number of rotatable bonds is 6. The summed E-state index contributed by atoms with van der Waals surface area (Å²) >= 11 is 0. The Hall–Kier alpha value is -1.87. The highest BCUT2D eigenvalue weighted by Crippen LogP contribution is 2.11. The van der Waals surface area contributed by atoms with E-state index in [1.807, 2.05) is 13.2 Å². The van der Waals surface area contributed by atoms with Crippen molar-refractivity contribution in [3.63, 3.8) is 0 Å². The Labute approximate surface area is 115 Å². The number of pyridine rings is 1. The van der Waals surface area contributed by atoms with E-state index in [1.165, 1.54) is 11.1 Å². The molecule has 1 heterocycles. The summed E-state index contributed by atoms with van der Waals surface area (Å²) in [4.78, 5) is 6.67. The van der Waals surface area contributed by atoms with Gasteiger partial charge in [-0.15, -0.1) is 0 Å². The van der Waals surface area contributed by atoms with E-state index in [-0.39, 0.29) is 0 Å². The lowest BCUT2D eigenvalue weighted by Gasteiger charge is -2.20. The summed E-state index contributed by atoms with van der Waals surface area (Å²) < 4.78 is 0. The van der Waals surface area contributed by atoms with Crippen molar-refractivity contribution in [2.75, 3.05) is 18.9 Å². The van der Waals surface area contributed by atoms with Crippen molar-refractivity contribution in [2.45, 2.75) is 20.0 Å². The van der Waals surface area contributed by atoms with Crippen molar-refractivity contribution < 1.29 is 0 Å². The van der Waals surface area contributed by atoms with E-state index in [0.29, 0.717) is 0 Å². The van der Waals surface area contributed by atoms with Gasteiger partial charge in [0, 0.05) is 26.3 Å². The summed E-state index contributed by atoms with van der Waals surface area (Å²) in [6, 6.07) is 14.8. The first-order valence-electron chi connectivity index (χ1n) is 6.70. The molecule has 0 aliphatic heterocycles. The fourth-order valence-electron chi connectivity index (χ4n) is 2.09. The van der Waals surface area contributed by atoms with Crippen LogP contribution >= 0.6 is 0 Å².